The molecule has 1 aromatic carbocycles. The first kappa shape index (κ1) is 13.5. The quantitative estimate of drug-likeness (QED) is 0.866. The molecule has 0 aliphatic heterocycles. The Bertz CT molecular complexity index is 405. The van der Waals surface area contributed by atoms with Gasteiger partial charge in [0.2, 0.25) is 0 Å². The molecule has 0 aromatic heterocycles. The molecule has 100 valence electrons. The average Bonchev–Trinajstić information content (AvgIpc) is 2.35. The van der Waals surface area contributed by atoms with Crippen LogP contribution in [0, 0.1) is 23.5 Å². The van der Waals surface area contributed by atoms with E-state index in [4.69, 9.17) is 0 Å². The lowest BCUT2D eigenvalue weighted by atomic mass is 9.71. The Morgan fingerprint density at radius 2 is 2.06 bits per heavy atom. The summed E-state index contributed by atoms with van der Waals surface area (Å²) in [4.78, 5) is 0. The van der Waals surface area contributed by atoms with E-state index in [2.05, 4.69) is 12.2 Å². The number of hydrogen-bond acceptors (Lipinski definition) is 1. The summed E-state index contributed by atoms with van der Waals surface area (Å²) in [6.45, 7) is 3.06. The molecule has 1 N–H and O–H groups in total. The Hall–Kier alpha value is -0.960. The zero-order valence-corrected chi connectivity index (χ0v) is 11.0. The highest BCUT2D eigenvalue weighted by Gasteiger charge is 2.31. The lowest BCUT2D eigenvalue weighted by Gasteiger charge is -2.35. The van der Waals surface area contributed by atoms with Gasteiger partial charge in [-0.1, -0.05) is 13.3 Å². The van der Waals surface area contributed by atoms with Gasteiger partial charge < -0.3 is 5.32 Å². The lowest BCUT2D eigenvalue weighted by Crippen LogP contribution is -2.30. The van der Waals surface area contributed by atoms with Crippen LogP contribution in [0.25, 0.3) is 0 Å². The monoisotopic (exact) mass is 253 g/mol. The summed E-state index contributed by atoms with van der Waals surface area (Å²) in [6.07, 6.45) is 3.22. The standard InChI is InChI=1S/C15H21F2N/c1-10-3-4-11(9-18-2)13(7-10)14-8-12(16)5-6-15(14)17/h5-6,8,10-11,13,18H,3-4,7,9H2,1-2H3. The molecule has 0 saturated heterocycles. The highest BCUT2D eigenvalue weighted by Crippen LogP contribution is 2.41. The Morgan fingerprint density at radius 3 is 2.78 bits per heavy atom. The van der Waals surface area contributed by atoms with Gasteiger partial charge in [-0.3, -0.25) is 0 Å². The van der Waals surface area contributed by atoms with E-state index in [1.165, 1.54) is 24.6 Å². The number of halogens is 2. The van der Waals surface area contributed by atoms with Crippen LogP contribution in [0.2, 0.25) is 0 Å². The van der Waals surface area contributed by atoms with E-state index in [-0.39, 0.29) is 17.6 Å². The molecule has 1 fully saturated rings. The van der Waals surface area contributed by atoms with Crippen molar-refractivity contribution in [2.75, 3.05) is 13.6 Å². The molecule has 0 bridgehead atoms. The van der Waals surface area contributed by atoms with E-state index >= 15 is 0 Å². The van der Waals surface area contributed by atoms with Gasteiger partial charge in [-0.2, -0.15) is 0 Å². The Balaban J connectivity index is 2.28. The van der Waals surface area contributed by atoms with Crippen LogP contribution in [-0.2, 0) is 0 Å². The summed E-state index contributed by atoms with van der Waals surface area (Å²) in [5, 5.41) is 3.17. The molecule has 2 rings (SSSR count). The molecular formula is C15H21F2N. The van der Waals surface area contributed by atoms with E-state index in [1.807, 2.05) is 7.05 Å². The smallest absolute Gasteiger partial charge is 0.126 e. The molecule has 1 aliphatic carbocycles. The third-order valence-electron chi connectivity index (χ3n) is 4.08. The fraction of sp³-hybridized carbons (Fsp3) is 0.600. The topological polar surface area (TPSA) is 12.0 Å². The van der Waals surface area contributed by atoms with Gasteiger partial charge in [-0.25, -0.2) is 8.78 Å². The fourth-order valence-corrected chi connectivity index (χ4v) is 3.13. The maximum atomic E-state index is 13.9. The van der Waals surface area contributed by atoms with Crippen LogP contribution in [0.3, 0.4) is 0 Å². The van der Waals surface area contributed by atoms with Crippen molar-refractivity contribution in [2.24, 2.45) is 11.8 Å². The second-order valence-corrected chi connectivity index (χ2v) is 5.51. The van der Waals surface area contributed by atoms with Crippen molar-refractivity contribution in [3.63, 3.8) is 0 Å². The summed E-state index contributed by atoms with van der Waals surface area (Å²) >= 11 is 0. The van der Waals surface area contributed by atoms with Gasteiger partial charge in [0, 0.05) is 0 Å². The summed E-state index contributed by atoms with van der Waals surface area (Å²) in [7, 11) is 1.91. The first-order valence-corrected chi connectivity index (χ1v) is 6.71. The second-order valence-electron chi connectivity index (χ2n) is 5.51. The van der Waals surface area contributed by atoms with E-state index in [0.717, 1.165) is 19.4 Å². The predicted octanol–water partition coefficient (Wildman–Crippen LogP) is 3.70. The zero-order chi connectivity index (χ0) is 13.1. The highest BCUT2D eigenvalue weighted by molar-refractivity contribution is 5.24. The number of hydrogen-bond donors (Lipinski definition) is 1. The second kappa shape index (κ2) is 5.79. The molecule has 1 nitrogen and oxygen atoms in total. The number of rotatable bonds is 3. The largest absolute Gasteiger partial charge is 0.319 e. The SMILES string of the molecule is CNCC1CCC(C)CC1c1cc(F)ccc1F. The Labute approximate surface area is 108 Å². The van der Waals surface area contributed by atoms with Gasteiger partial charge in [-0.15, -0.1) is 0 Å². The van der Waals surface area contributed by atoms with Crippen molar-refractivity contribution in [1.29, 1.82) is 0 Å². The minimum absolute atomic E-state index is 0.136. The van der Waals surface area contributed by atoms with Crippen molar-refractivity contribution in [3.8, 4) is 0 Å². The van der Waals surface area contributed by atoms with Crippen molar-refractivity contribution >= 4 is 0 Å². The summed E-state index contributed by atoms with van der Waals surface area (Å²) in [5.74, 6) is 0.523. The molecule has 3 atom stereocenters. The van der Waals surface area contributed by atoms with Crippen LogP contribution in [-0.4, -0.2) is 13.6 Å². The van der Waals surface area contributed by atoms with Crippen molar-refractivity contribution < 1.29 is 8.78 Å². The molecule has 1 aliphatic rings. The molecule has 18 heavy (non-hydrogen) atoms. The summed E-state index contributed by atoms with van der Waals surface area (Å²) in [6, 6.07) is 3.82. The highest BCUT2D eigenvalue weighted by atomic mass is 19.1. The third-order valence-corrected chi connectivity index (χ3v) is 4.08. The molecular weight excluding hydrogens is 232 g/mol. The van der Waals surface area contributed by atoms with E-state index in [1.54, 1.807) is 0 Å². The van der Waals surface area contributed by atoms with E-state index in [9.17, 15) is 8.78 Å². The van der Waals surface area contributed by atoms with Crippen LogP contribution < -0.4 is 5.32 Å². The maximum Gasteiger partial charge on any atom is 0.126 e. The first-order chi connectivity index (χ1) is 8.61. The van der Waals surface area contributed by atoms with Crippen LogP contribution in [0.15, 0.2) is 18.2 Å². The molecule has 1 aromatic rings. The lowest BCUT2D eigenvalue weighted by molar-refractivity contribution is 0.240. The summed E-state index contributed by atoms with van der Waals surface area (Å²) in [5.41, 5.74) is 0.557. The van der Waals surface area contributed by atoms with Gasteiger partial charge in [0.1, 0.15) is 11.6 Å². The number of nitrogens with one attached hydrogen (secondary N) is 1. The predicted molar refractivity (Wildman–Crippen MR) is 69.5 cm³/mol. The van der Waals surface area contributed by atoms with Crippen molar-refractivity contribution in [3.05, 3.63) is 35.4 Å². The van der Waals surface area contributed by atoms with Crippen LogP contribution in [0.5, 0.6) is 0 Å². The molecule has 3 unspecified atom stereocenters. The molecule has 0 radical (unpaired) electrons. The number of benzene rings is 1. The molecule has 0 spiro atoms. The normalized spacial score (nSPS) is 28.3. The fourth-order valence-electron chi connectivity index (χ4n) is 3.13. The zero-order valence-electron chi connectivity index (χ0n) is 11.0. The van der Waals surface area contributed by atoms with Gasteiger partial charge in [-0.05, 0) is 68.0 Å². The maximum absolute atomic E-state index is 13.9. The van der Waals surface area contributed by atoms with Crippen LogP contribution >= 0.6 is 0 Å². The summed E-state index contributed by atoms with van der Waals surface area (Å²) < 4.78 is 27.2. The van der Waals surface area contributed by atoms with Gasteiger partial charge >= 0.3 is 0 Å². The minimum Gasteiger partial charge on any atom is -0.319 e. The average molecular weight is 253 g/mol. The van der Waals surface area contributed by atoms with Gasteiger partial charge in [0.25, 0.3) is 0 Å². The van der Waals surface area contributed by atoms with Crippen molar-refractivity contribution in [1.82, 2.24) is 5.32 Å². The third kappa shape index (κ3) is 2.89. The van der Waals surface area contributed by atoms with E-state index in [0.29, 0.717) is 17.4 Å². The van der Waals surface area contributed by atoms with Gasteiger partial charge in [0.05, 0.1) is 0 Å². The Morgan fingerprint density at radius 1 is 1.28 bits per heavy atom. The van der Waals surface area contributed by atoms with Crippen LogP contribution in [0.1, 0.15) is 37.7 Å². The molecule has 3 heteroatoms. The Kier molecular flexibility index (Phi) is 4.33. The molecule has 0 amide bonds. The van der Waals surface area contributed by atoms with Gasteiger partial charge in [0.15, 0.2) is 0 Å². The molecule has 0 heterocycles. The first-order valence-electron chi connectivity index (χ1n) is 6.71. The van der Waals surface area contributed by atoms with Crippen LogP contribution in [0.4, 0.5) is 8.78 Å². The minimum atomic E-state index is -0.340. The van der Waals surface area contributed by atoms with E-state index < -0.39 is 0 Å². The molecule has 1 saturated carbocycles. The van der Waals surface area contributed by atoms with Crippen molar-refractivity contribution in [2.45, 2.75) is 32.1 Å².